The summed E-state index contributed by atoms with van der Waals surface area (Å²) in [5.41, 5.74) is 0.900. The summed E-state index contributed by atoms with van der Waals surface area (Å²) < 4.78 is 47.5. The summed E-state index contributed by atoms with van der Waals surface area (Å²) in [5, 5.41) is 2.10. The third kappa shape index (κ3) is 7.08. The van der Waals surface area contributed by atoms with Crippen LogP contribution >= 0.6 is 0 Å². The average molecular weight is 583 g/mol. The van der Waals surface area contributed by atoms with Gasteiger partial charge in [-0.05, 0) is 21.0 Å². The molecule has 7 nitrogen and oxygen atoms in total. The molecular formula is C31H38O7SSi. The number of ether oxygens (including phenoxy) is 2. The molecule has 0 saturated carbocycles. The number of cyclic esters (lactones) is 1. The lowest BCUT2D eigenvalue weighted by molar-refractivity contribution is -0.150. The van der Waals surface area contributed by atoms with Crippen LogP contribution in [0.15, 0.2) is 91.0 Å². The maximum Gasteiger partial charge on any atom is 0.336 e. The van der Waals surface area contributed by atoms with E-state index in [1.165, 1.54) is 0 Å². The number of hydrogen-bond donors (Lipinski definition) is 0. The van der Waals surface area contributed by atoms with Crippen molar-refractivity contribution in [2.45, 2.75) is 51.0 Å². The maximum atomic E-state index is 12.9. The quantitative estimate of drug-likeness (QED) is 0.181. The number of carbonyl (C=O) groups is 1. The first-order chi connectivity index (χ1) is 19.0. The molecule has 40 heavy (non-hydrogen) atoms. The van der Waals surface area contributed by atoms with Crippen LogP contribution < -0.4 is 10.4 Å². The zero-order valence-electron chi connectivity index (χ0n) is 23.5. The van der Waals surface area contributed by atoms with Gasteiger partial charge in [-0.25, -0.2) is 4.79 Å². The fraction of sp³-hybridized carbons (Fsp3) is 0.387. The standard InChI is InChI=1S/C31H38O7SSi/c1-31(2,3)40(25-16-10-6-11-17-25,26-18-12-7-13-19-26)37-21-20-28-27(23-36-39(4,33)34)29(30(32)38-28)35-22-24-14-8-5-9-15-24/h5-19,27-29H,20-23H2,1-4H3/t27-,28-,29-/m1/s1. The van der Waals surface area contributed by atoms with Crippen molar-refractivity contribution in [3.63, 3.8) is 0 Å². The molecule has 0 N–H and O–H groups in total. The molecule has 1 fully saturated rings. The van der Waals surface area contributed by atoms with Crippen molar-refractivity contribution in [2.24, 2.45) is 5.92 Å². The second kappa shape index (κ2) is 12.8. The van der Waals surface area contributed by atoms with E-state index in [1.54, 1.807) is 0 Å². The van der Waals surface area contributed by atoms with Gasteiger partial charge in [0.15, 0.2) is 6.10 Å². The van der Waals surface area contributed by atoms with Gasteiger partial charge >= 0.3 is 5.97 Å². The van der Waals surface area contributed by atoms with Crippen LogP contribution in [0.1, 0.15) is 32.8 Å². The van der Waals surface area contributed by atoms with Gasteiger partial charge in [-0.2, -0.15) is 8.42 Å². The van der Waals surface area contributed by atoms with Gasteiger partial charge in [-0.3, -0.25) is 4.18 Å². The monoisotopic (exact) mass is 582 g/mol. The van der Waals surface area contributed by atoms with Crippen molar-refractivity contribution < 1.29 is 31.3 Å². The van der Waals surface area contributed by atoms with Crippen molar-refractivity contribution in [3.05, 3.63) is 96.6 Å². The lowest BCUT2D eigenvalue weighted by atomic mass is 9.97. The van der Waals surface area contributed by atoms with E-state index in [-0.39, 0.29) is 18.3 Å². The summed E-state index contributed by atoms with van der Waals surface area (Å²) in [5.74, 6) is -1.12. The summed E-state index contributed by atoms with van der Waals surface area (Å²) in [4.78, 5) is 12.9. The number of esters is 1. The lowest BCUT2D eigenvalue weighted by Crippen LogP contribution is -2.66. The van der Waals surface area contributed by atoms with Crippen LogP contribution in [0.3, 0.4) is 0 Å². The minimum absolute atomic E-state index is 0.196. The molecule has 0 radical (unpaired) electrons. The van der Waals surface area contributed by atoms with Gasteiger partial charge in [0.05, 0.1) is 25.4 Å². The summed E-state index contributed by atoms with van der Waals surface area (Å²) >= 11 is 0. The van der Waals surface area contributed by atoms with E-state index in [0.29, 0.717) is 13.0 Å². The highest BCUT2D eigenvalue weighted by Crippen LogP contribution is 2.37. The van der Waals surface area contributed by atoms with Crippen molar-refractivity contribution in [1.82, 2.24) is 0 Å². The fourth-order valence-electron chi connectivity index (χ4n) is 5.38. The summed E-state index contributed by atoms with van der Waals surface area (Å²) in [6.07, 6.45) is -0.196. The van der Waals surface area contributed by atoms with Crippen molar-refractivity contribution >= 4 is 34.8 Å². The Kier molecular flexibility index (Phi) is 9.63. The summed E-state index contributed by atoms with van der Waals surface area (Å²) in [7, 11) is -6.51. The van der Waals surface area contributed by atoms with E-state index in [0.717, 1.165) is 22.2 Å². The predicted molar refractivity (Wildman–Crippen MR) is 157 cm³/mol. The van der Waals surface area contributed by atoms with Gasteiger partial charge in [0.1, 0.15) is 6.10 Å². The molecule has 1 saturated heterocycles. The molecule has 0 aromatic heterocycles. The van der Waals surface area contributed by atoms with E-state index in [9.17, 15) is 13.2 Å². The van der Waals surface area contributed by atoms with Gasteiger partial charge in [0.25, 0.3) is 18.4 Å². The second-order valence-electron chi connectivity index (χ2n) is 11.1. The van der Waals surface area contributed by atoms with Crippen LogP contribution in [0, 0.1) is 5.92 Å². The first-order valence-corrected chi connectivity index (χ1v) is 17.2. The molecule has 3 atom stereocenters. The SMILES string of the molecule is CC(C)(C)[Si](OCC[C@H]1OC(=O)[C@H](OCc2ccccc2)[C@@H]1COS(C)(=O)=O)(c1ccccc1)c1ccccc1. The molecule has 4 rings (SSSR count). The zero-order chi connectivity index (χ0) is 28.8. The molecule has 0 amide bonds. The van der Waals surface area contributed by atoms with Gasteiger partial charge in [0, 0.05) is 13.0 Å². The van der Waals surface area contributed by atoms with Crippen LogP contribution in [0.2, 0.25) is 5.04 Å². The Bertz CT molecular complexity index is 1300. The Morgan fingerprint density at radius 1 is 0.850 bits per heavy atom. The number of rotatable bonds is 12. The molecule has 3 aromatic carbocycles. The second-order valence-corrected chi connectivity index (χ2v) is 17.1. The summed E-state index contributed by atoms with van der Waals surface area (Å²) in [6, 6.07) is 30.1. The Hall–Kier alpha value is -2.82. The average Bonchev–Trinajstić information content (AvgIpc) is 3.23. The van der Waals surface area contributed by atoms with E-state index < -0.39 is 42.5 Å². The van der Waals surface area contributed by atoms with Crippen LogP contribution in [0.25, 0.3) is 0 Å². The van der Waals surface area contributed by atoms with Crippen molar-refractivity contribution in [2.75, 3.05) is 19.5 Å². The highest BCUT2D eigenvalue weighted by Gasteiger charge is 2.51. The molecule has 0 unspecified atom stereocenters. The third-order valence-corrected chi connectivity index (χ3v) is 12.9. The molecule has 1 aliphatic rings. The molecule has 0 bridgehead atoms. The topological polar surface area (TPSA) is 88.1 Å². The molecule has 214 valence electrons. The van der Waals surface area contributed by atoms with Crippen LogP contribution in [0.4, 0.5) is 0 Å². The van der Waals surface area contributed by atoms with Crippen molar-refractivity contribution in [3.8, 4) is 0 Å². The molecule has 0 aliphatic carbocycles. The van der Waals surface area contributed by atoms with Crippen LogP contribution in [-0.4, -0.2) is 54.4 Å². The Labute approximate surface area is 238 Å². The van der Waals surface area contributed by atoms with E-state index >= 15 is 0 Å². The van der Waals surface area contributed by atoms with Gasteiger partial charge in [0.2, 0.25) is 0 Å². The molecule has 0 spiro atoms. The highest BCUT2D eigenvalue weighted by molar-refractivity contribution is 7.85. The first kappa shape index (κ1) is 30.1. The third-order valence-electron chi connectivity index (χ3n) is 7.25. The number of benzene rings is 3. The van der Waals surface area contributed by atoms with Crippen molar-refractivity contribution in [1.29, 1.82) is 0 Å². The summed E-state index contributed by atoms with van der Waals surface area (Å²) in [6.45, 7) is 6.89. The van der Waals surface area contributed by atoms with E-state index in [4.69, 9.17) is 18.1 Å². The minimum atomic E-state index is -3.72. The lowest BCUT2D eigenvalue weighted by Gasteiger charge is -2.43. The van der Waals surface area contributed by atoms with Crippen LogP contribution in [-0.2, 0) is 39.6 Å². The number of carbonyl (C=O) groups excluding carboxylic acids is 1. The molecular weight excluding hydrogens is 544 g/mol. The zero-order valence-corrected chi connectivity index (χ0v) is 25.3. The van der Waals surface area contributed by atoms with Gasteiger partial charge in [-0.15, -0.1) is 0 Å². The Morgan fingerprint density at radius 2 is 1.38 bits per heavy atom. The van der Waals surface area contributed by atoms with E-state index in [2.05, 4.69) is 45.0 Å². The number of hydrogen-bond acceptors (Lipinski definition) is 7. The normalized spacial score (nSPS) is 19.9. The highest BCUT2D eigenvalue weighted by atomic mass is 32.2. The van der Waals surface area contributed by atoms with Gasteiger partial charge in [-0.1, -0.05) is 112 Å². The Balaban J connectivity index is 1.56. The predicted octanol–water partition coefficient (Wildman–Crippen LogP) is 4.06. The largest absolute Gasteiger partial charge is 0.460 e. The molecule has 1 heterocycles. The fourth-order valence-corrected chi connectivity index (χ4v) is 10.4. The van der Waals surface area contributed by atoms with Crippen LogP contribution in [0.5, 0.6) is 0 Å². The Morgan fingerprint density at radius 3 is 1.88 bits per heavy atom. The smallest absolute Gasteiger partial charge is 0.336 e. The minimum Gasteiger partial charge on any atom is -0.460 e. The molecule has 3 aromatic rings. The molecule has 9 heteroatoms. The van der Waals surface area contributed by atoms with Gasteiger partial charge < -0.3 is 13.9 Å². The van der Waals surface area contributed by atoms with E-state index in [1.807, 2.05) is 66.7 Å². The maximum absolute atomic E-state index is 12.9. The first-order valence-electron chi connectivity index (χ1n) is 13.5. The molecule has 1 aliphatic heterocycles.